The van der Waals surface area contributed by atoms with Crippen LogP contribution >= 0.6 is 0 Å². The highest BCUT2D eigenvalue weighted by Crippen LogP contribution is 2.09. The van der Waals surface area contributed by atoms with E-state index in [1.54, 1.807) is 35.0 Å². The van der Waals surface area contributed by atoms with Crippen LogP contribution in [-0.2, 0) is 6.54 Å². The number of hydrogen-bond donors (Lipinski definition) is 1. The number of rotatable bonds is 4. The zero-order valence-corrected chi connectivity index (χ0v) is 13.4. The van der Waals surface area contributed by atoms with Gasteiger partial charge in [0.25, 0.3) is 11.5 Å². The van der Waals surface area contributed by atoms with E-state index in [0.717, 1.165) is 11.1 Å². The van der Waals surface area contributed by atoms with Gasteiger partial charge in [-0.2, -0.15) is 0 Å². The highest BCUT2D eigenvalue weighted by molar-refractivity contribution is 6.03. The molecule has 1 aromatic heterocycles. The summed E-state index contributed by atoms with van der Waals surface area (Å²) in [4.78, 5) is 25.0. The minimum Gasteiger partial charge on any atom is -0.322 e. The molecule has 3 rings (SSSR count). The van der Waals surface area contributed by atoms with Crippen molar-refractivity contribution in [1.82, 2.24) is 4.57 Å². The van der Waals surface area contributed by atoms with Crippen LogP contribution < -0.4 is 10.9 Å². The van der Waals surface area contributed by atoms with Gasteiger partial charge in [-0.05, 0) is 42.3 Å². The number of aromatic nitrogens is 1. The van der Waals surface area contributed by atoms with E-state index in [9.17, 15) is 9.59 Å². The molecular weight excluding hydrogens is 300 g/mol. The largest absolute Gasteiger partial charge is 0.322 e. The highest BCUT2D eigenvalue weighted by atomic mass is 16.2. The topological polar surface area (TPSA) is 51.1 Å². The van der Waals surface area contributed by atoms with E-state index in [-0.39, 0.29) is 11.1 Å². The second-order valence-corrected chi connectivity index (χ2v) is 5.60. The number of aryl methyl sites for hydroxylation is 1. The van der Waals surface area contributed by atoms with Crippen molar-refractivity contribution in [3.05, 3.63) is 100.0 Å². The Labute approximate surface area is 140 Å². The third-order valence-corrected chi connectivity index (χ3v) is 3.90. The van der Waals surface area contributed by atoms with Crippen molar-refractivity contribution in [1.29, 1.82) is 0 Å². The van der Waals surface area contributed by atoms with E-state index in [1.807, 2.05) is 49.4 Å². The van der Waals surface area contributed by atoms with Crippen molar-refractivity contribution in [3.8, 4) is 0 Å². The van der Waals surface area contributed by atoms with Crippen molar-refractivity contribution >= 4 is 11.6 Å². The Morgan fingerprint density at radius 3 is 2.42 bits per heavy atom. The van der Waals surface area contributed by atoms with Crippen LogP contribution in [0, 0.1) is 6.92 Å². The lowest BCUT2D eigenvalue weighted by Gasteiger charge is -2.10. The highest BCUT2D eigenvalue weighted by Gasteiger charge is 2.12. The quantitative estimate of drug-likeness (QED) is 0.801. The maximum absolute atomic E-state index is 12.6. The van der Waals surface area contributed by atoms with Gasteiger partial charge in [0.1, 0.15) is 5.56 Å². The van der Waals surface area contributed by atoms with Crippen molar-refractivity contribution < 1.29 is 4.79 Å². The van der Waals surface area contributed by atoms with E-state index >= 15 is 0 Å². The zero-order chi connectivity index (χ0) is 16.9. The van der Waals surface area contributed by atoms with Crippen molar-refractivity contribution in [2.45, 2.75) is 13.5 Å². The number of para-hydroxylation sites is 1. The molecule has 1 heterocycles. The molecule has 0 aliphatic rings. The number of pyridine rings is 1. The molecule has 4 heteroatoms. The number of hydrogen-bond acceptors (Lipinski definition) is 2. The fourth-order valence-corrected chi connectivity index (χ4v) is 2.53. The molecule has 0 atom stereocenters. The van der Waals surface area contributed by atoms with Crippen LogP contribution in [-0.4, -0.2) is 10.5 Å². The summed E-state index contributed by atoms with van der Waals surface area (Å²) >= 11 is 0. The summed E-state index contributed by atoms with van der Waals surface area (Å²) in [5, 5.41) is 2.75. The van der Waals surface area contributed by atoms with E-state index < -0.39 is 5.91 Å². The van der Waals surface area contributed by atoms with Crippen LogP contribution in [0.5, 0.6) is 0 Å². The lowest BCUT2D eigenvalue weighted by Crippen LogP contribution is -2.29. The Kier molecular flexibility index (Phi) is 4.57. The second kappa shape index (κ2) is 6.96. The molecule has 0 radical (unpaired) electrons. The van der Waals surface area contributed by atoms with Gasteiger partial charge in [0, 0.05) is 11.9 Å². The third kappa shape index (κ3) is 3.43. The Hall–Kier alpha value is -3.14. The fourth-order valence-electron chi connectivity index (χ4n) is 2.53. The van der Waals surface area contributed by atoms with Gasteiger partial charge in [-0.3, -0.25) is 9.59 Å². The number of anilines is 1. The number of nitrogens with one attached hydrogen (secondary N) is 1. The Morgan fingerprint density at radius 2 is 1.67 bits per heavy atom. The van der Waals surface area contributed by atoms with Crippen LogP contribution in [0.25, 0.3) is 0 Å². The molecule has 0 bridgehead atoms. The summed E-state index contributed by atoms with van der Waals surface area (Å²) in [6.45, 7) is 2.45. The number of benzene rings is 2. The Bertz CT molecular complexity index is 914. The van der Waals surface area contributed by atoms with E-state index in [4.69, 9.17) is 0 Å². The van der Waals surface area contributed by atoms with E-state index in [2.05, 4.69) is 5.32 Å². The lowest BCUT2D eigenvalue weighted by atomic mass is 10.1. The predicted molar refractivity (Wildman–Crippen MR) is 95.4 cm³/mol. The van der Waals surface area contributed by atoms with Gasteiger partial charge in [0.05, 0.1) is 6.54 Å². The van der Waals surface area contributed by atoms with Gasteiger partial charge in [-0.1, -0.05) is 42.5 Å². The zero-order valence-electron chi connectivity index (χ0n) is 13.4. The lowest BCUT2D eigenvalue weighted by molar-refractivity contribution is 0.102. The van der Waals surface area contributed by atoms with Gasteiger partial charge in [-0.15, -0.1) is 0 Å². The first-order valence-corrected chi connectivity index (χ1v) is 7.75. The number of carbonyl (C=O) groups excluding carboxylic acids is 1. The van der Waals surface area contributed by atoms with Crippen LogP contribution in [0.3, 0.4) is 0 Å². The van der Waals surface area contributed by atoms with Gasteiger partial charge < -0.3 is 9.88 Å². The minimum atomic E-state index is -0.398. The van der Waals surface area contributed by atoms with Crippen LogP contribution in [0.4, 0.5) is 5.69 Å². The summed E-state index contributed by atoms with van der Waals surface area (Å²) in [6.07, 6.45) is 1.70. The Morgan fingerprint density at radius 1 is 0.958 bits per heavy atom. The molecule has 4 nitrogen and oxygen atoms in total. The van der Waals surface area contributed by atoms with E-state index in [1.165, 1.54) is 0 Å². The number of nitrogens with zero attached hydrogens (tertiary/aromatic N) is 1. The average molecular weight is 318 g/mol. The molecule has 24 heavy (non-hydrogen) atoms. The summed E-state index contributed by atoms with van der Waals surface area (Å²) in [6, 6.07) is 20.3. The van der Waals surface area contributed by atoms with E-state index in [0.29, 0.717) is 12.2 Å². The molecule has 0 saturated carbocycles. The number of amides is 1. The average Bonchev–Trinajstić information content (AvgIpc) is 2.59. The summed E-state index contributed by atoms with van der Waals surface area (Å²) in [5.41, 5.74) is 2.67. The van der Waals surface area contributed by atoms with Crippen LogP contribution in [0.15, 0.2) is 77.7 Å². The molecule has 0 aliphatic carbocycles. The maximum Gasteiger partial charge on any atom is 0.263 e. The summed E-state index contributed by atoms with van der Waals surface area (Å²) < 4.78 is 1.56. The normalized spacial score (nSPS) is 10.4. The molecule has 0 spiro atoms. The second-order valence-electron chi connectivity index (χ2n) is 5.60. The monoisotopic (exact) mass is 318 g/mol. The standard InChI is InChI=1S/C20H18N2O2/c1-15-8-5-6-9-16(15)14-22-13-7-12-18(20(22)24)19(23)21-17-10-3-2-4-11-17/h2-13H,14H2,1H3,(H,21,23). The van der Waals surface area contributed by atoms with Gasteiger partial charge >= 0.3 is 0 Å². The molecule has 0 saturated heterocycles. The summed E-state index contributed by atoms with van der Waals surface area (Å²) in [7, 11) is 0. The van der Waals surface area contributed by atoms with Gasteiger partial charge in [-0.25, -0.2) is 0 Å². The van der Waals surface area contributed by atoms with Crippen LogP contribution in [0.1, 0.15) is 21.5 Å². The smallest absolute Gasteiger partial charge is 0.263 e. The molecular formula is C20H18N2O2. The number of carbonyl (C=O) groups is 1. The first-order valence-electron chi connectivity index (χ1n) is 7.75. The molecule has 0 fully saturated rings. The maximum atomic E-state index is 12.6. The third-order valence-electron chi connectivity index (χ3n) is 3.90. The SMILES string of the molecule is Cc1ccccc1Cn1cccc(C(=O)Nc2ccccc2)c1=O. The van der Waals surface area contributed by atoms with Gasteiger partial charge in [0.15, 0.2) is 0 Å². The minimum absolute atomic E-state index is 0.134. The molecule has 0 unspecified atom stereocenters. The van der Waals surface area contributed by atoms with Crippen molar-refractivity contribution in [2.75, 3.05) is 5.32 Å². The van der Waals surface area contributed by atoms with Crippen molar-refractivity contribution in [2.24, 2.45) is 0 Å². The first kappa shape index (κ1) is 15.7. The summed E-state index contributed by atoms with van der Waals surface area (Å²) in [5.74, 6) is -0.398. The molecule has 1 N–H and O–H groups in total. The molecule has 1 amide bonds. The van der Waals surface area contributed by atoms with Crippen LogP contribution in [0.2, 0.25) is 0 Å². The Balaban J connectivity index is 1.87. The fraction of sp³-hybridized carbons (Fsp3) is 0.100. The van der Waals surface area contributed by atoms with Crippen molar-refractivity contribution in [3.63, 3.8) is 0 Å². The van der Waals surface area contributed by atoms with Gasteiger partial charge in [0.2, 0.25) is 0 Å². The molecule has 0 aliphatic heterocycles. The molecule has 3 aromatic rings. The predicted octanol–water partition coefficient (Wildman–Crippen LogP) is 3.46. The molecule has 120 valence electrons. The molecule has 2 aromatic carbocycles. The first-order chi connectivity index (χ1) is 11.6.